The molecule has 0 aliphatic carbocycles. The van der Waals surface area contributed by atoms with E-state index in [-0.39, 0.29) is 7.43 Å². The summed E-state index contributed by atoms with van der Waals surface area (Å²) < 4.78 is 23.2. The largest absolute Gasteiger partial charge is 0.227 e. The topological polar surface area (TPSA) is 34.1 Å². The molecule has 0 aromatic heterocycles. The molecule has 1 heterocycles. The zero-order chi connectivity index (χ0) is 11.5. The molecule has 90 valence electrons. The second kappa shape index (κ2) is 3.33. The normalized spacial score (nSPS) is 23.2. The second-order valence-electron chi connectivity index (χ2n) is 5.07. The average molecular weight is 240 g/mol. The Hall–Kier alpha value is -0.830. The van der Waals surface area contributed by atoms with Gasteiger partial charge in [-0.3, -0.25) is 0 Å². The highest BCUT2D eigenvalue weighted by molar-refractivity contribution is 7.93. The molecule has 2 nitrogen and oxygen atoms in total. The summed E-state index contributed by atoms with van der Waals surface area (Å²) in [5, 5.41) is 0. The molecule has 1 aromatic rings. The van der Waals surface area contributed by atoms with E-state index in [4.69, 9.17) is 0 Å². The molecular formula is C13H20O2S. The molecule has 3 heteroatoms. The summed E-state index contributed by atoms with van der Waals surface area (Å²) in [5.41, 5.74) is 1.88. The molecule has 0 fully saturated rings. The summed E-state index contributed by atoms with van der Waals surface area (Å²) in [5.74, 6) is 0. The van der Waals surface area contributed by atoms with E-state index in [2.05, 4.69) is 0 Å². The van der Waals surface area contributed by atoms with Gasteiger partial charge in [-0.15, -0.1) is 0 Å². The van der Waals surface area contributed by atoms with Crippen LogP contribution in [-0.2, 0) is 19.3 Å². The van der Waals surface area contributed by atoms with Crippen molar-refractivity contribution in [3.63, 3.8) is 0 Å². The van der Waals surface area contributed by atoms with Crippen LogP contribution in [0.5, 0.6) is 0 Å². The predicted molar refractivity (Wildman–Crippen MR) is 68.1 cm³/mol. The molecule has 1 aliphatic heterocycles. The van der Waals surface area contributed by atoms with Crippen LogP contribution in [0.25, 0.3) is 0 Å². The summed E-state index contributed by atoms with van der Waals surface area (Å²) in [6.45, 7) is 7.15. The number of fused-ring (bicyclic) bond motifs is 1. The van der Waals surface area contributed by atoms with Crippen LogP contribution in [0.2, 0.25) is 0 Å². The maximum Gasteiger partial charge on any atom is 0.168 e. The molecule has 0 saturated carbocycles. The fourth-order valence-corrected chi connectivity index (χ4v) is 4.67. The summed E-state index contributed by atoms with van der Waals surface area (Å²) in [4.78, 5) is 0. The van der Waals surface area contributed by atoms with Crippen molar-refractivity contribution >= 4 is 9.84 Å². The predicted octanol–water partition coefficient (Wildman–Crippen LogP) is 3.22. The van der Waals surface area contributed by atoms with E-state index in [0.717, 1.165) is 11.1 Å². The van der Waals surface area contributed by atoms with E-state index in [9.17, 15) is 8.42 Å². The van der Waals surface area contributed by atoms with Crippen LogP contribution in [0.4, 0.5) is 0 Å². The summed E-state index contributed by atoms with van der Waals surface area (Å²) in [6.07, 6.45) is 0. The third kappa shape index (κ3) is 1.21. The van der Waals surface area contributed by atoms with Crippen molar-refractivity contribution < 1.29 is 8.42 Å². The number of benzene rings is 1. The van der Waals surface area contributed by atoms with Crippen molar-refractivity contribution in [3.8, 4) is 0 Å². The Kier molecular flexibility index (Phi) is 2.75. The number of hydrogen-bond donors (Lipinski definition) is 0. The van der Waals surface area contributed by atoms with Crippen molar-refractivity contribution in [3.05, 3.63) is 35.4 Å². The lowest BCUT2D eigenvalue weighted by Gasteiger charge is -2.24. The zero-order valence-corrected chi connectivity index (χ0v) is 10.4. The first-order chi connectivity index (χ1) is 6.73. The molecular weight excluding hydrogens is 220 g/mol. The molecule has 0 spiro atoms. The number of rotatable bonds is 0. The van der Waals surface area contributed by atoms with E-state index < -0.39 is 19.3 Å². The van der Waals surface area contributed by atoms with Gasteiger partial charge in [-0.1, -0.05) is 31.7 Å². The van der Waals surface area contributed by atoms with Crippen LogP contribution in [0, 0.1) is 0 Å². The molecule has 0 bridgehead atoms. The molecule has 0 unspecified atom stereocenters. The van der Waals surface area contributed by atoms with Crippen LogP contribution in [0.15, 0.2) is 24.3 Å². The Morgan fingerprint density at radius 1 is 0.875 bits per heavy atom. The minimum Gasteiger partial charge on any atom is -0.227 e. The van der Waals surface area contributed by atoms with Gasteiger partial charge in [-0.2, -0.15) is 0 Å². The molecule has 16 heavy (non-hydrogen) atoms. The van der Waals surface area contributed by atoms with Crippen LogP contribution >= 0.6 is 0 Å². The minimum atomic E-state index is -3.16. The highest BCUT2D eigenvalue weighted by Crippen LogP contribution is 2.51. The molecule has 0 radical (unpaired) electrons. The fourth-order valence-electron chi connectivity index (χ4n) is 2.46. The number of hydrogen-bond acceptors (Lipinski definition) is 2. The molecule has 0 saturated heterocycles. The van der Waals surface area contributed by atoms with E-state index in [1.807, 2.05) is 24.3 Å². The maximum atomic E-state index is 12.4. The lowest BCUT2D eigenvalue weighted by atomic mass is 9.91. The van der Waals surface area contributed by atoms with Gasteiger partial charge in [0, 0.05) is 0 Å². The van der Waals surface area contributed by atoms with E-state index >= 15 is 0 Å². The number of sulfone groups is 1. The first-order valence-electron chi connectivity index (χ1n) is 5.07. The van der Waals surface area contributed by atoms with Crippen molar-refractivity contribution in [2.45, 2.75) is 44.6 Å². The molecule has 1 aromatic carbocycles. The Morgan fingerprint density at radius 3 is 1.50 bits per heavy atom. The van der Waals surface area contributed by atoms with Gasteiger partial charge >= 0.3 is 0 Å². The maximum absolute atomic E-state index is 12.4. The van der Waals surface area contributed by atoms with Gasteiger partial charge in [0.15, 0.2) is 9.84 Å². The molecule has 0 atom stereocenters. The zero-order valence-electron chi connectivity index (χ0n) is 9.53. The Balaban J connectivity index is 0.00000128. The van der Waals surface area contributed by atoms with Gasteiger partial charge in [0.1, 0.15) is 0 Å². The lowest BCUT2D eigenvalue weighted by Crippen LogP contribution is -2.33. The van der Waals surface area contributed by atoms with Crippen molar-refractivity contribution in [1.82, 2.24) is 0 Å². The van der Waals surface area contributed by atoms with Gasteiger partial charge in [0.05, 0.1) is 9.49 Å². The second-order valence-corrected chi connectivity index (χ2v) is 8.12. The van der Waals surface area contributed by atoms with Crippen LogP contribution in [-0.4, -0.2) is 8.42 Å². The van der Waals surface area contributed by atoms with Crippen molar-refractivity contribution in [2.75, 3.05) is 0 Å². The Labute approximate surface area is 98.6 Å². The standard InChI is InChI=1S/C12H16O2S.CH4/c1-11(2)9-7-5-6-8-10(9)12(3,4)15(11,13)14;/h5-8H,1-4H3;1H4. The van der Waals surface area contributed by atoms with Gasteiger partial charge < -0.3 is 0 Å². The lowest BCUT2D eigenvalue weighted by molar-refractivity contribution is 0.536. The van der Waals surface area contributed by atoms with Gasteiger partial charge in [-0.05, 0) is 38.8 Å². The third-order valence-electron chi connectivity index (χ3n) is 3.57. The smallest absolute Gasteiger partial charge is 0.168 e. The SMILES string of the molecule is C.CC1(C)c2ccccc2C(C)(C)S1(=O)=O. The quantitative estimate of drug-likeness (QED) is 0.697. The highest BCUT2D eigenvalue weighted by atomic mass is 32.2. The fraction of sp³-hybridized carbons (Fsp3) is 0.538. The molecule has 0 N–H and O–H groups in total. The summed E-state index contributed by atoms with van der Waals surface area (Å²) in [7, 11) is -3.16. The Morgan fingerprint density at radius 2 is 1.19 bits per heavy atom. The first kappa shape index (κ1) is 13.2. The highest BCUT2D eigenvalue weighted by Gasteiger charge is 2.55. The average Bonchev–Trinajstić information content (AvgIpc) is 2.26. The summed E-state index contributed by atoms with van der Waals surface area (Å²) in [6, 6.07) is 7.64. The monoisotopic (exact) mass is 240 g/mol. The van der Waals surface area contributed by atoms with Crippen molar-refractivity contribution in [1.29, 1.82) is 0 Å². The van der Waals surface area contributed by atoms with E-state index in [0.29, 0.717) is 0 Å². The Bertz CT molecular complexity index is 469. The molecule has 1 aliphatic rings. The van der Waals surface area contributed by atoms with Crippen LogP contribution in [0.1, 0.15) is 46.2 Å². The molecule has 2 rings (SSSR count). The van der Waals surface area contributed by atoms with E-state index in [1.165, 1.54) is 0 Å². The van der Waals surface area contributed by atoms with Crippen LogP contribution in [0.3, 0.4) is 0 Å². The van der Waals surface area contributed by atoms with Gasteiger partial charge in [-0.25, -0.2) is 8.42 Å². The van der Waals surface area contributed by atoms with Gasteiger partial charge in [0.2, 0.25) is 0 Å². The van der Waals surface area contributed by atoms with E-state index in [1.54, 1.807) is 27.7 Å². The van der Waals surface area contributed by atoms with Gasteiger partial charge in [0.25, 0.3) is 0 Å². The minimum absolute atomic E-state index is 0. The van der Waals surface area contributed by atoms with Crippen LogP contribution < -0.4 is 0 Å². The summed E-state index contributed by atoms with van der Waals surface area (Å²) >= 11 is 0. The third-order valence-corrected chi connectivity index (χ3v) is 6.70. The van der Waals surface area contributed by atoms with Crippen molar-refractivity contribution in [2.24, 2.45) is 0 Å². The molecule has 0 amide bonds. The first-order valence-corrected chi connectivity index (χ1v) is 6.55.